The molecule has 0 aromatic heterocycles. The summed E-state index contributed by atoms with van der Waals surface area (Å²) in [5.41, 5.74) is 2.32. The van der Waals surface area contributed by atoms with E-state index in [0.717, 1.165) is 38.2 Å². The van der Waals surface area contributed by atoms with Crippen LogP contribution in [0.15, 0.2) is 60.7 Å². The van der Waals surface area contributed by atoms with Crippen LogP contribution in [0, 0.1) is 0 Å². The molecule has 1 aliphatic heterocycles. The van der Waals surface area contributed by atoms with Crippen LogP contribution in [0.1, 0.15) is 24.8 Å². The quantitative estimate of drug-likeness (QED) is 0.841. The van der Waals surface area contributed by atoms with Gasteiger partial charge in [0.05, 0.1) is 6.54 Å². The zero-order valence-corrected chi connectivity index (χ0v) is 13.5. The number of rotatable bonds is 5. The van der Waals surface area contributed by atoms with E-state index in [9.17, 15) is 4.79 Å². The molecule has 2 aromatic rings. The highest BCUT2D eigenvalue weighted by atomic mass is 16.2. The molecule has 2 aromatic carbocycles. The molecule has 0 atom stereocenters. The number of anilines is 1. The lowest BCUT2D eigenvalue weighted by atomic mass is 10.1. The maximum Gasteiger partial charge on any atom is 0.242 e. The average Bonchev–Trinajstić information content (AvgIpc) is 2.63. The van der Waals surface area contributed by atoms with Gasteiger partial charge in [0.15, 0.2) is 0 Å². The van der Waals surface area contributed by atoms with Crippen molar-refractivity contribution in [3.8, 4) is 0 Å². The van der Waals surface area contributed by atoms with Gasteiger partial charge in [-0.05, 0) is 37.0 Å². The van der Waals surface area contributed by atoms with Crippen LogP contribution in [0.4, 0.5) is 5.69 Å². The van der Waals surface area contributed by atoms with E-state index >= 15 is 0 Å². The fraction of sp³-hybridized carbons (Fsp3) is 0.350. The second-order valence-electron chi connectivity index (χ2n) is 6.12. The molecule has 1 saturated heterocycles. The summed E-state index contributed by atoms with van der Waals surface area (Å²) >= 11 is 0. The third-order valence-electron chi connectivity index (χ3n) is 4.37. The lowest BCUT2D eigenvalue weighted by molar-refractivity contribution is -0.130. The van der Waals surface area contributed by atoms with Gasteiger partial charge in [0, 0.05) is 25.3 Å². The Bertz CT molecular complexity index is 606. The van der Waals surface area contributed by atoms with Gasteiger partial charge >= 0.3 is 0 Å². The van der Waals surface area contributed by atoms with Crippen molar-refractivity contribution in [3.63, 3.8) is 0 Å². The summed E-state index contributed by atoms with van der Waals surface area (Å²) in [4.78, 5) is 16.8. The first-order chi connectivity index (χ1) is 11.3. The number of hydrogen-bond acceptors (Lipinski definition) is 2. The Hall–Kier alpha value is -2.29. The number of carbonyl (C=O) groups is 1. The number of para-hydroxylation sites is 1. The van der Waals surface area contributed by atoms with Gasteiger partial charge in [0.2, 0.25) is 5.91 Å². The van der Waals surface area contributed by atoms with E-state index in [1.54, 1.807) is 0 Å². The number of nitrogens with zero attached hydrogens (tertiary/aromatic N) is 2. The lowest BCUT2D eigenvalue weighted by Crippen LogP contribution is -2.42. The van der Waals surface area contributed by atoms with Crippen LogP contribution in [0.5, 0.6) is 0 Å². The van der Waals surface area contributed by atoms with Gasteiger partial charge < -0.3 is 9.80 Å². The van der Waals surface area contributed by atoms with Crippen molar-refractivity contribution in [1.29, 1.82) is 0 Å². The highest BCUT2D eigenvalue weighted by Crippen LogP contribution is 2.18. The first-order valence-corrected chi connectivity index (χ1v) is 8.44. The highest BCUT2D eigenvalue weighted by Gasteiger charge is 2.19. The van der Waals surface area contributed by atoms with E-state index in [4.69, 9.17) is 0 Å². The van der Waals surface area contributed by atoms with Crippen LogP contribution in [-0.4, -0.2) is 30.4 Å². The van der Waals surface area contributed by atoms with E-state index in [1.807, 2.05) is 41.3 Å². The summed E-state index contributed by atoms with van der Waals surface area (Å²) in [6, 6.07) is 20.6. The van der Waals surface area contributed by atoms with E-state index in [1.165, 1.54) is 12.0 Å². The zero-order chi connectivity index (χ0) is 15.9. The first-order valence-electron chi connectivity index (χ1n) is 8.44. The Morgan fingerprint density at radius 2 is 1.48 bits per heavy atom. The number of hydrogen-bond donors (Lipinski definition) is 0. The van der Waals surface area contributed by atoms with Gasteiger partial charge in [0.1, 0.15) is 0 Å². The minimum atomic E-state index is 0.240. The molecule has 1 aliphatic rings. The SMILES string of the molecule is O=C(CN(Cc1ccccc1)c1ccccc1)N1CCCCC1. The van der Waals surface area contributed by atoms with E-state index in [2.05, 4.69) is 29.2 Å². The van der Waals surface area contributed by atoms with Crippen LogP contribution in [0.25, 0.3) is 0 Å². The number of likely N-dealkylation sites (tertiary alicyclic amines) is 1. The number of piperidine rings is 1. The topological polar surface area (TPSA) is 23.6 Å². The maximum atomic E-state index is 12.7. The Labute approximate surface area is 138 Å². The summed E-state index contributed by atoms with van der Waals surface area (Å²) in [7, 11) is 0. The third kappa shape index (κ3) is 4.35. The van der Waals surface area contributed by atoms with Crippen molar-refractivity contribution in [1.82, 2.24) is 4.90 Å². The molecule has 0 bridgehead atoms. The lowest BCUT2D eigenvalue weighted by Gasteiger charge is -2.31. The minimum Gasteiger partial charge on any atom is -0.358 e. The Morgan fingerprint density at radius 3 is 2.13 bits per heavy atom. The largest absolute Gasteiger partial charge is 0.358 e. The van der Waals surface area contributed by atoms with Crippen molar-refractivity contribution >= 4 is 11.6 Å². The number of amides is 1. The number of carbonyl (C=O) groups excluding carboxylic acids is 1. The smallest absolute Gasteiger partial charge is 0.242 e. The Balaban J connectivity index is 1.73. The monoisotopic (exact) mass is 308 g/mol. The van der Waals surface area contributed by atoms with Gasteiger partial charge in [-0.25, -0.2) is 0 Å². The van der Waals surface area contributed by atoms with Gasteiger partial charge in [-0.1, -0.05) is 48.5 Å². The van der Waals surface area contributed by atoms with E-state index in [-0.39, 0.29) is 5.91 Å². The first kappa shape index (κ1) is 15.6. The van der Waals surface area contributed by atoms with Crippen molar-refractivity contribution in [2.45, 2.75) is 25.8 Å². The molecule has 0 aliphatic carbocycles. The van der Waals surface area contributed by atoms with Gasteiger partial charge in [-0.3, -0.25) is 4.79 Å². The normalized spacial score (nSPS) is 14.5. The molecule has 0 saturated carbocycles. The molecule has 120 valence electrons. The summed E-state index contributed by atoms with van der Waals surface area (Å²) < 4.78 is 0. The summed E-state index contributed by atoms with van der Waals surface area (Å²) in [6.45, 7) is 3.02. The van der Waals surface area contributed by atoms with Crippen molar-refractivity contribution in [2.75, 3.05) is 24.5 Å². The summed E-state index contributed by atoms with van der Waals surface area (Å²) in [5.74, 6) is 0.240. The van der Waals surface area contributed by atoms with Crippen LogP contribution in [0.2, 0.25) is 0 Å². The second-order valence-corrected chi connectivity index (χ2v) is 6.12. The van der Waals surface area contributed by atoms with Gasteiger partial charge in [-0.15, -0.1) is 0 Å². The molecular weight excluding hydrogens is 284 g/mol. The molecule has 1 heterocycles. The predicted molar refractivity (Wildman–Crippen MR) is 94.4 cm³/mol. The molecule has 0 N–H and O–H groups in total. The third-order valence-corrected chi connectivity index (χ3v) is 4.37. The minimum absolute atomic E-state index is 0.240. The van der Waals surface area contributed by atoms with Crippen LogP contribution in [-0.2, 0) is 11.3 Å². The van der Waals surface area contributed by atoms with Crippen molar-refractivity contribution in [3.05, 3.63) is 66.2 Å². The van der Waals surface area contributed by atoms with Gasteiger partial charge in [-0.2, -0.15) is 0 Å². The molecule has 0 spiro atoms. The standard InChI is InChI=1S/C20H24N2O/c23-20(21-14-8-3-9-15-21)17-22(19-12-6-2-7-13-19)16-18-10-4-1-5-11-18/h1-2,4-7,10-13H,3,8-9,14-17H2. The fourth-order valence-electron chi connectivity index (χ4n) is 3.09. The molecule has 23 heavy (non-hydrogen) atoms. The molecule has 1 fully saturated rings. The molecule has 3 heteroatoms. The zero-order valence-electron chi connectivity index (χ0n) is 13.5. The molecule has 0 radical (unpaired) electrons. The average molecular weight is 308 g/mol. The van der Waals surface area contributed by atoms with E-state index in [0.29, 0.717) is 6.54 Å². The molecule has 1 amide bonds. The van der Waals surface area contributed by atoms with Crippen molar-refractivity contribution in [2.24, 2.45) is 0 Å². The van der Waals surface area contributed by atoms with Crippen LogP contribution in [0.3, 0.4) is 0 Å². The molecule has 3 rings (SSSR count). The molecule has 0 unspecified atom stereocenters. The van der Waals surface area contributed by atoms with Gasteiger partial charge in [0.25, 0.3) is 0 Å². The number of benzene rings is 2. The predicted octanol–water partition coefficient (Wildman–Crippen LogP) is 3.71. The Morgan fingerprint density at radius 1 is 0.870 bits per heavy atom. The Kier molecular flexibility index (Phi) is 5.30. The van der Waals surface area contributed by atoms with E-state index < -0.39 is 0 Å². The molecular formula is C20H24N2O. The van der Waals surface area contributed by atoms with Crippen LogP contribution >= 0.6 is 0 Å². The summed E-state index contributed by atoms with van der Waals surface area (Å²) in [6.07, 6.45) is 3.52. The highest BCUT2D eigenvalue weighted by molar-refractivity contribution is 5.81. The fourth-order valence-corrected chi connectivity index (χ4v) is 3.09. The molecule has 3 nitrogen and oxygen atoms in total. The maximum absolute atomic E-state index is 12.7. The summed E-state index contributed by atoms with van der Waals surface area (Å²) in [5, 5.41) is 0. The van der Waals surface area contributed by atoms with Crippen LogP contribution < -0.4 is 4.90 Å². The van der Waals surface area contributed by atoms with Crippen molar-refractivity contribution < 1.29 is 4.79 Å². The second kappa shape index (κ2) is 7.82.